The topological polar surface area (TPSA) is 43.4 Å². The maximum Gasteiger partial charge on any atom is 0.134 e. The maximum absolute atomic E-state index is 10.7. The average Bonchev–Trinajstić information content (AvgIpc) is 2.39. The average molecular weight is 228 g/mol. The van der Waals surface area contributed by atoms with Crippen LogP contribution in [0.25, 0.3) is 10.8 Å². The largest absolute Gasteiger partial charge is 0.497 e. The lowest BCUT2D eigenvalue weighted by atomic mass is 9.98. The van der Waals surface area contributed by atoms with Crippen molar-refractivity contribution in [2.45, 2.75) is 5.92 Å². The van der Waals surface area contributed by atoms with E-state index in [9.17, 15) is 9.59 Å². The van der Waals surface area contributed by atoms with Gasteiger partial charge in [-0.1, -0.05) is 18.2 Å². The lowest BCUT2D eigenvalue weighted by Crippen LogP contribution is -2.00. The van der Waals surface area contributed by atoms with Gasteiger partial charge >= 0.3 is 0 Å². The quantitative estimate of drug-likeness (QED) is 0.596. The molecule has 0 saturated heterocycles. The van der Waals surface area contributed by atoms with Gasteiger partial charge in [-0.2, -0.15) is 0 Å². The van der Waals surface area contributed by atoms with Gasteiger partial charge < -0.3 is 14.3 Å². The van der Waals surface area contributed by atoms with E-state index < -0.39 is 5.92 Å². The van der Waals surface area contributed by atoms with Crippen LogP contribution in [-0.2, 0) is 9.59 Å². The zero-order valence-corrected chi connectivity index (χ0v) is 9.42. The molecular formula is C14H12O3. The minimum absolute atomic E-state index is 0.650. The Morgan fingerprint density at radius 2 is 1.65 bits per heavy atom. The number of fused-ring (bicyclic) bond motifs is 1. The summed E-state index contributed by atoms with van der Waals surface area (Å²) in [5, 5.41) is 2.00. The van der Waals surface area contributed by atoms with Crippen LogP contribution in [0, 0.1) is 0 Å². The van der Waals surface area contributed by atoms with Crippen molar-refractivity contribution in [3.05, 3.63) is 42.0 Å². The second-order valence-corrected chi connectivity index (χ2v) is 3.77. The summed E-state index contributed by atoms with van der Waals surface area (Å²) in [6.07, 6.45) is 1.30. The fraction of sp³-hybridized carbons (Fsp3) is 0.143. The first kappa shape index (κ1) is 11.3. The Hall–Kier alpha value is -2.16. The molecule has 0 saturated carbocycles. The van der Waals surface area contributed by atoms with E-state index in [-0.39, 0.29) is 0 Å². The van der Waals surface area contributed by atoms with Crippen LogP contribution in [0.2, 0.25) is 0 Å². The molecule has 0 heterocycles. The first-order chi connectivity index (χ1) is 8.28. The van der Waals surface area contributed by atoms with E-state index in [1.165, 1.54) is 0 Å². The standard InChI is InChI=1S/C14H12O3/c1-17-14-5-4-10-6-11(13(8-15)9-16)2-3-12(10)7-14/h2-9,13H,1H3. The third-order valence-electron chi connectivity index (χ3n) is 2.75. The molecule has 0 amide bonds. The predicted molar refractivity (Wildman–Crippen MR) is 65.4 cm³/mol. The summed E-state index contributed by atoms with van der Waals surface area (Å²) >= 11 is 0. The minimum Gasteiger partial charge on any atom is -0.497 e. The van der Waals surface area contributed by atoms with Crippen molar-refractivity contribution < 1.29 is 14.3 Å². The summed E-state index contributed by atoms with van der Waals surface area (Å²) < 4.78 is 5.13. The molecule has 0 unspecified atom stereocenters. The maximum atomic E-state index is 10.7. The van der Waals surface area contributed by atoms with Gasteiger partial charge in [0.15, 0.2) is 0 Å². The van der Waals surface area contributed by atoms with Gasteiger partial charge in [-0.15, -0.1) is 0 Å². The van der Waals surface area contributed by atoms with E-state index in [0.717, 1.165) is 16.5 Å². The van der Waals surface area contributed by atoms with Crippen LogP contribution in [0.15, 0.2) is 36.4 Å². The molecule has 0 atom stereocenters. The van der Waals surface area contributed by atoms with Crippen LogP contribution >= 0.6 is 0 Å². The van der Waals surface area contributed by atoms with E-state index in [0.29, 0.717) is 18.1 Å². The molecule has 0 bridgehead atoms. The molecule has 0 fully saturated rings. The molecule has 0 aliphatic carbocycles. The highest BCUT2D eigenvalue weighted by atomic mass is 16.5. The summed E-state index contributed by atoms with van der Waals surface area (Å²) in [5.41, 5.74) is 0.715. The van der Waals surface area contributed by atoms with E-state index in [4.69, 9.17) is 4.74 Å². The summed E-state index contributed by atoms with van der Waals surface area (Å²) in [5.74, 6) is 0.106. The first-order valence-corrected chi connectivity index (χ1v) is 5.27. The summed E-state index contributed by atoms with van der Waals surface area (Å²) in [4.78, 5) is 21.4. The van der Waals surface area contributed by atoms with Crippen LogP contribution in [0.1, 0.15) is 11.5 Å². The van der Waals surface area contributed by atoms with Crippen LogP contribution in [0.5, 0.6) is 5.75 Å². The molecule has 0 aliphatic rings. The zero-order valence-electron chi connectivity index (χ0n) is 9.42. The highest BCUT2D eigenvalue weighted by Gasteiger charge is 2.09. The molecule has 2 rings (SSSR count). The third kappa shape index (κ3) is 2.18. The fourth-order valence-corrected chi connectivity index (χ4v) is 1.77. The van der Waals surface area contributed by atoms with E-state index >= 15 is 0 Å². The Balaban J connectivity index is 2.51. The van der Waals surface area contributed by atoms with Crippen molar-refractivity contribution >= 4 is 23.3 Å². The second kappa shape index (κ2) is 4.78. The Bertz CT molecular complexity index is 552. The number of carbonyl (C=O) groups is 2. The SMILES string of the molecule is COc1ccc2cc(C(C=O)C=O)ccc2c1. The normalized spacial score (nSPS) is 10.5. The third-order valence-corrected chi connectivity index (χ3v) is 2.75. The number of ether oxygens (including phenoxy) is 1. The van der Waals surface area contributed by atoms with E-state index in [1.807, 2.05) is 30.3 Å². The molecule has 0 N–H and O–H groups in total. The van der Waals surface area contributed by atoms with Crippen molar-refractivity contribution in [2.75, 3.05) is 7.11 Å². The molecule has 17 heavy (non-hydrogen) atoms. The lowest BCUT2D eigenvalue weighted by Gasteiger charge is -2.06. The van der Waals surface area contributed by atoms with E-state index in [1.54, 1.807) is 13.2 Å². The number of hydrogen-bond donors (Lipinski definition) is 0. The number of hydrogen-bond acceptors (Lipinski definition) is 3. The Morgan fingerprint density at radius 3 is 2.29 bits per heavy atom. The van der Waals surface area contributed by atoms with Gasteiger partial charge in [-0.3, -0.25) is 0 Å². The molecule has 2 aromatic rings. The molecule has 0 aliphatic heterocycles. The van der Waals surface area contributed by atoms with Crippen molar-refractivity contribution in [3.8, 4) is 5.75 Å². The summed E-state index contributed by atoms with van der Waals surface area (Å²) in [7, 11) is 1.62. The molecule has 0 aromatic heterocycles. The first-order valence-electron chi connectivity index (χ1n) is 5.27. The molecule has 86 valence electrons. The highest BCUT2D eigenvalue weighted by molar-refractivity contribution is 5.89. The number of carbonyl (C=O) groups excluding carboxylic acids is 2. The van der Waals surface area contributed by atoms with Crippen LogP contribution in [0.4, 0.5) is 0 Å². The fourth-order valence-electron chi connectivity index (χ4n) is 1.77. The van der Waals surface area contributed by atoms with Gasteiger partial charge in [-0.25, -0.2) is 0 Å². The molecule has 0 spiro atoms. The number of rotatable bonds is 4. The molecule has 0 radical (unpaired) electrons. The van der Waals surface area contributed by atoms with Crippen LogP contribution < -0.4 is 4.74 Å². The summed E-state index contributed by atoms with van der Waals surface area (Å²) in [6, 6.07) is 11.2. The molecule has 2 aromatic carbocycles. The van der Waals surface area contributed by atoms with Gasteiger partial charge in [0, 0.05) is 0 Å². The molecule has 3 nitrogen and oxygen atoms in total. The highest BCUT2D eigenvalue weighted by Crippen LogP contribution is 2.23. The second-order valence-electron chi connectivity index (χ2n) is 3.77. The van der Waals surface area contributed by atoms with Crippen LogP contribution in [0.3, 0.4) is 0 Å². The lowest BCUT2D eigenvalue weighted by molar-refractivity contribution is -0.116. The Kier molecular flexibility index (Phi) is 3.19. The van der Waals surface area contributed by atoms with Gasteiger partial charge in [0.25, 0.3) is 0 Å². The molecule has 3 heteroatoms. The van der Waals surface area contributed by atoms with Crippen molar-refractivity contribution in [3.63, 3.8) is 0 Å². The number of methoxy groups -OCH3 is 1. The van der Waals surface area contributed by atoms with Crippen molar-refractivity contribution in [2.24, 2.45) is 0 Å². The van der Waals surface area contributed by atoms with Crippen molar-refractivity contribution in [1.29, 1.82) is 0 Å². The van der Waals surface area contributed by atoms with Gasteiger partial charge in [-0.05, 0) is 34.5 Å². The number of benzene rings is 2. The Morgan fingerprint density at radius 1 is 1.00 bits per heavy atom. The minimum atomic E-state index is -0.679. The number of aldehydes is 2. The Labute approximate surface area is 99.0 Å². The van der Waals surface area contributed by atoms with Gasteiger partial charge in [0.05, 0.1) is 13.0 Å². The van der Waals surface area contributed by atoms with Crippen LogP contribution in [-0.4, -0.2) is 19.7 Å². The molecular weight excluding hydrogens is 216 g/mol. The summed E-state index contributed by atoms with van der Waals surface area (Å²) in [6.45, 7) is 0. The predicted octanol–water partition coefficient (Wildman–Crippen LogP) is 2.33. The van der Waals surface area contributed by atoms with Crippen molar-refractivity contribution in [1.82, 2.24) is 0 Å². The monoisotopic (exact) mass is 228 g/mol. The van der Waals surface area contributed by atoms with E-state index in [2.05, 4.69) is 0 Å². The smallest absolute Gasteiger partial charge is 0.134 e. The van der Waals surface area contributed by atoms with Gasteiger partial charge in [0.1, 0.15) is 18.3 Å². The zero-order chi connectivity index (χ0) is 12.3. The van der Waals surface area contributed by atoms with Gasteiger partial charge in [0.2, 0.25) is 0 Å².